The van der Waals surface area contributed by atoms with Crippen molar-refractivity contribution in [2.45, 2.75) is 33.3 Å². The molecule has 0 aliphatic heterocycles. The Labute approximate surface area is 97.9 Å². The van der Waals surface area contributed by atoms with Crippen LogP contribution in [0.4, 0.5) is 0 Å². The van der Waals surface area contributed by atoms with Gasteiger partial charge < -0.3 is 4.74 Å². The van der Waals surface area contributed by atoms with Crippen LogP contribution in [-0.2, 0) is 11.3 Å². The van der Waals surface area contributed by atoms with E-state index >= 15 is 0 Å². The molecule has 0 fully saturated rings. The van der Waals surface area contributed by atoms with E-state index in [0.717, 1.165) is 19.4 Å². The molecule has 0 N–H and O–H groups in total. The summed E-state index contributed by atoms with van der Waals surface area (Å²) < 4.78 is 5.55. The molecule has 0 aliphatic carbocycles. The van der Waals surface area contributed by atoms with Gasteiger partial charge in [0.1, 0.15) is 0 Å². The van der Waals surface area contributed by atoms with Crippen molar-refractivity contribution in [3.8, 4) is 6.07 Å². The minimum atomic E-state index is -0.226. The fraction of sp³-hybridized carbons (Fsp3) is 0.500. The Kier molecular flexibility index (Phi) is 5.01. The Morgan fingerprint density at radius 2 is 1.94 bits per heavy atom. The maximum atomic E-state index is 8.84. The first-order valence-electron chi connectivity index (χ1n) is 5.67. The van der Waals surface area contributed by atoms with Gasteiger partial charge in [-0.15, -0.1) is 0 Å². The molecule has 0 amide bonds. The summed E-state index contributed by atoms with van der Waals surface area (Å²) in [5.41, 5.74) is 0.970. The molecule has 0 aliphatic rings. The van der Waals surface area contributed by atoms with Gasteiger partial charge in [0.2, 0.25) is 0 Å². The van der Waals surface area contributed by atoms with Crippen molar-refractivity contribution in [2.24, 2.45) is 5.41 Å². The Bertz CT molecular complexity index is 338. The summed E-state index contributed by atoms with van der Waals surface area (Å²) in [6.07, 6.45) is 1.83. The lowest BCUT2D eigenvalue weighted by atomic mass is 9.90. The first-order chi connectivity index (χ1) is 7.64. The number of ether oxygens (including phenoxy) is 1. The SMILES string of the molecule is CC(C)(C#N)CCCOCc1ccccc1. The number of nitrogens with zero attached hydrogens (tertiary/aromatic N) is 1. The highest BCUT2D eigenvalue weighted by atomic mass is 16.5. The molecule has 86 valence electrons. The van der Waals surface area contributed by atoms with Gasteiger partial charge in [-0.05, 0) is 32.3 Å². The average molecular weight is 217 g/mol. The molecule has 0 saturated heterocycles. The van der Waals surface area contributed by atoms with E-state index in [0.29, 0.717) is 6.61 Å². The van der Waals surface area contributed by atoms with E-state index in [1.807, 2.05) is 32.0 Å². The highest BCUT2D eigenvalue weighted by Crippen LogP contribution is 2.20. The van der Waals surface area contributed by atoms with Crippen molar-refractivity contribution in [3.63, 3.8) is 0 Å². The van der Waals surface area contributed by atoms with E-state index in [1.165, 1.54) is 5.56 Å². The molecular formula is C14H19NO. The van der Waals surface area contributed by atoms with Crippen molar-refractivity contribution in [1.82, 2.24) is 0 Å². The zero-order valence-electron chi connectivity index (χ0n) is 10.1. The van der Waals surface area contributed by atoms with Crippen LogP contribution in [0.5, 0.6) is 0 Å². The third-order valence-electron chi connectivity index (χ3n) is 2.50. The van der Waals surface area contributed by atoms with E-state index in [2.05, 4.69) is 18.2 Å². The van der Waals surface area contributed by atoms with E-state index < -0.39 is 0 Å². The highest BCUT2D eigenvalue weighted by Gasteiger charge is 2.15. The van der Waals surface area contributed by atoms with Gasteiger partial charge in [-0.3, -0.25) is 0 Å². The Morgan fingerprint density at radius 1 is 1.25 bits per heavy atom. The normalized spacial score (nSPS) is 11.1. The first kappa shape index (κ1) is 12.7. The molecule has 16 heavy (non-hydrogen) atoms. The van der Waals surface area contributed by atoms with Crippen molar-refractivity contribution in [3.05, 3.63) is 35.9 Å². The summed E-state index contributed by atoms with van der Waals surface area (Å²) in [5, 5.41) is 8.84. The standard InChI is InChI=1S/C14H19NO/c1-14(2,12-15)9-6-10-16-11-13-7-4-3-5-8-13/h3-5,7-8H,6,9-11H2,1-2H3. The lowest BCUT2D eigenvalue weighted by Gasteiger charge is -2.14. The lowest BCUT2D eigenvalue weighted by Crippen LogP contribution is -2.09. The maximum Gasteiger partial charge on any atom is 0.0716 e. The molecular weight excluding hydrogens is 198 g/mol. The minimum Gasteiger partial charge on any atom is -0.377 e. The van der Waals surface area contributed by atoms with Crippen LogP contribution in [0.25, 0.3) is 0 Å². The summed E-state index contributed by atoms with van der Waals surface area (Å²) in [6, 6.07) is 12.4. The van der Waals surface area contributed by atoms with Gasteiger partial charge >= 0.3 is 0 Å². The van der Waals surface area contributed by atoms with E-state index in [4.69, 9.17) is 10.00 Å². The molecule has 0 radical (unpaired) electrons. The summed E-state index contributed by atoms with van der Waals surface area (Å²) in [6.45, 7) is 5.31. The molecule has 0 spiro atoms. The van der Waals surface area contributed by atoms with E-state index in [1.54, 1.807) is 0 Å². The second kappa shape index (κ2) is 6.30. The quantitative estimate of drug-likeness (QED) is 0.683. The van der Waals surface area contributed by atoms with Crippen LogP contribution in [0.15, 0.2) is 30.3 Å². The average Bonchev–Trinajstić information content (AvgIpc) is 2.30. The lowest BCUT2D eigenvalue weighted by molar-refractivity contribution is 0.112. The van der Waals surface area contributed by atoms with Gasteiger partial charge in [0.05, 0.1) is 18.1 Å². The molecule has 1 aromatic carbocycles. The summed E-state index contributed by atoms with van der Waals surface area (Å²) in [5.74, 6) is 0. The Morgan fingerprint density at radius 3 is 2.56 bits per heavy atom. The monoisotopic (exact) mass is 217 g/mol. The number of hydrogen-bond acceptors (Lipinski definition) is 2. The van der Waals surface area contributed by atoms with Gasteiger partial charge in [-0.25, -0.2) is 0 Å². The molecule has 0 atom stereocenters. The van der Waals surface area contributed by atoms with Gasteiger partial charge in [0, 0.05) is 6.61 Å². The van der Waals surface area contributed by atoms with Gasteiger partial charge in [-0.2, -0.15) is 5.26 Å². The van der Waals surface area contributed by atoms with Gasteiger partial charge in [0.25, 0.3) is 0 Å². The fourth-order valence-corrected chi connectivity index (χ4v) is 1.44. The third kappa shape index (κ3) is 4.95. The van der Waals surface area contributed by atoms with Crippen LogP contribution in [0.3, 0.4) is 0 Å². The molecule has 2 heteroatoms. The van der Waals surface area contributed by atoms with Crippen LogP contribution in [0.1, 0.15) is 32.3 Å². The summed E-state index contributed by atoms with van der Waals surface area (Å²) in [4.78, 5) is 0. The van der Waals surface area contributed by atoms with E-state index in [9.17, 15) is 0 Å². The van der Waals surface area contributed by atoms with Crippen LogP contribution in [0.2, 0.25) is 0 Å². The second-order valence-electron chi connectivity index (χ2n) is 4.64. The van der Waals surface area contributed by atoms with Crippen LogP contribution >= 0.6 is 0 Å². The van der Waals surface area contributed by atoms with Crippen molar-refractivity contribution >= 4 is 0 Å². The van der Waals surface area contributed by atoms with E-state index in [-0.39, 0.29) is 5.41 Å². The number of rotatable bonds is 6. The molecule has 1 aromatic rings. The third-order valence-corrected chi connectivity index (χ3v) is 2.50. The topological polar surface area (TPSA) is 33.0 Å². The minimum absolute atomic E-state index is 0.226. The van der Waals surface area contributed by atoms with Gasteiger partial charge in [-0.1, -0.05) is 30.3 Å². The van der Waals surface area contributed by atoms with Crippen LogP contribution in [0, 0.1) is 16.7 Å². The van der Waals surface area contributed by atoms with Gasteiger partial charge in [0.15, 0.2) is 0 Å². The van der Waals surface area contributed by atoms with Crippen LogP contribution < -0.4 is 0 Å². The predicted molar refractivity (Wildman–Crippen MR) is 64.7 cm³/mol. The molecule has 2 nitrogen and oxygen atoms in total. The largest absolute Gasteiger partial charge is 0.377 e. The molecule has 0 bridgehead atoms. The molecule has 0 saturated carbocycles. The zero-order chi connectivity index (χ0) is 11.9. The zero-order valence-corrected chi connectivity index (χ0v) is 10.1. The Balaban J connectivity index is 2.12. The second-order valence-corrected chi connectivity index (χ2v) is 4.64. The first-order valence-corrected chi connectivity index (χ1v) is 5.67. The van der Waals surface area contributed by atoms with Crippen molar-refractivity contribution in [2.75, 3.05) is 6.61 Å². The molecule has 1 rings (SSSR count). The highest BCUT2D eigenvalue weighted by molar-refractivity contribution is 5.13. The fourth-order valence-electron chi connectivity index (χ4n) is 1.44. The van der Waals surface area contributed by atoms with Crippen molar-refractivity contribution in [1.29, 1.82) is 5.26 Å². The molecule has 0 unspecified atom stereocenters. The van der Waals surface area contributed by atoms with Crippen LogP contribution in [-0.4, -0.2) is 6.61 Å². The van der Waals surface area contributed by atoms with Crippen molar-refractivity contribution < 1.29 is 4.74 Å². The maximum absolute atomic E-state index is 8.84. The Hall–Kier alpha value is -1.33. The summed E-state index contributed by atoms with van der Waals surface area (Å²) in [7, 11) is 0. The molecule has 0 heterocycles. The number of benzene rings is 1. The molecule has 0 aromatic heterocycles. The summed E-state index contributed by atoms with van der Waals surface area (Å²) >= 11 is 0. The number of nitriles is 1. The number of hydrogen-bond donors (Lipinski definition) is 0. The predicted octanol–water partition coefficient (Wildman–Crippen LogP) is 3.53. The smallest absolute Gasteiger partial charge is 0.0716 e.